The number of rotatable bonds is 3. The van der Waals surface area contributed by atoms with Crippen molar-refractivity contribution in [1.29, 1.82) is 0 Å². The van der Waals surface area contributed by atoms with E-state index in [1.165, 1.54) is 4.90 Å². The van der Waals surface area contributed by atoms with Crippen LogP contribution in [-0.2, 0) is 19.4 Å². The Morgan fingerprint density at radius 2 is 1.70 bits per heavy atom. The SMILES string of the molecule is CCC1CC(C(=O)O)C(C(=O)N2CCS(=O)(=O)CC2)C1. The molecule has 1 saturated carbocycles. The van der Waals surface area contributed by atoms with E-state index in [1.54, 1.807) is 0 Å². The van der Waals surface area contributed by atoms with Gasteiger partial charge in [0, 0.05) is 13.1 Å². The molecule has 6 nitrogen and oxygen atoms in total. The van der Waals surface area contributed by atoms with Crippen molar-refractivity contribution < 1.29 is 23.1 Å². The van der Waals surface area contributed by atoms with Gasteiger partial charge in [-0.1, -0.05) is 13.3 Å². The highest BCUT2D eigenvalue weighted by Gasteiger charge is 2.44. The zero-order chi connectivity index (χ0) is 14.9. The number of carbonyl (C=O) groups is 2. The van der Waals surface area contributed by atoms with Crippen LogP contribution >= 0.6 is 0 Å². The number of amides is 1. The van der Waals surface area contributed by atoms with E-state index in [-0.39, 0.29) is 36.4 Å². The van der Waals surface area contributed by atoms with Crippen LogP contribution in [0.5, 0.6) is 0 Å². The molecular weight excluding hydrogens is 282 g/mol. The van der Waals surface area contributed by atoms with Gasteiger partial charge in [0.15, 0.2) is 9.84 Å². The lowest BCUT2D eigenvalue weighted by atomic mass is 9.94. The number of sulfone groups is 1. The Labute approximate surface area is 119 Å². The van der Waals surface area contributed by atoms with Gasteiger partial charge in [-0.25, -0.2) is 8.42 Å². The average molecular weight is 303 g/mol. The first-order valence-corrected chi connectivity index (χ1v) is 8.88. The maximum atomic E-state index is 12.5. The normalized spacial score (nSPS) is 33.0. The molecule has 1 saturated heterocycles. The van der Waals surface area contributed by atoms with Gasteiger partial charge in [-0.3, -0.25) is 9.59 Å². The van der Waals surface area contributed by atoms with Crippen molar-refractivity contribution in [3.8, 4) is 0 Å². The quantitative estimate of drug-likeness (QED) is 0.814. The summed E-state index contributed by atoms with van der Waals surface area (Å²) >= 11 is 0. The van der Waals surface area contributed by atoms with Gasteiger partial charge >= 0.3 is 5.97 Å². The summed E-state index contributed by atoms with van der Waals surface area (Å²) in [7, 11) is -3.03. The van der Waals surface area contributed by atoms with Gasteiger partial charge in [0.2, 0.25) is 5.91 Å². The minimum atomic E-state index is -3.03. The number of carboxylic acids is 1. The molecule has 2 fully saturated rings. The fraction of sp³-hybridized carbons (Fsp3) is 0.846. The first kappa shape index (κ1) is 15.3. The van der Waals surface area contributed by atoms with Crippen LogP contribution in [-0.4, -0.2) is 54.9 Å². The van der Waals surface area contributed by atoms with Gasteiger partial charge in [-0.05, 0) is 18.8 Å². The fourth-order valence-corrected chi connectivity index (χ4v) is 4.39. The zero-order valence-corrected chi connectivity index (χ0v) is 12.4. The Morgan fingerprint density at radius 3 is 2.20 bits per heavy atom. The van der Waals surface area contributed by atoms with Crippen LogP contribution in [0.1, 0.15) is 26.2 Å². The summed E-state index contributed by atoms with van der Waals surface area (Å²) in [5.41, 5.74) is 0. The Kier molecular flexibility index (Phi) is 4.36. The van der Waals surface area contributed by atoms with Crippen LogP contribution < -0.4 is 0 Å². The van der Waals surface area contributed by atoms with Crippen molar-refractivity contribution in [3.05, 3.63) is 0 Å². The van der Waals surface area contributed by atoms with E-state index >= 15 is 0 Å². The second-order valence-electron chi connectivity index (χ2n) is 5.77. The average Bonchev–Trinajstić information content (AvgIpc) is 2.82. The number of aliphatic carboxylic acids is 1. The van der Waals surface area contributed by atoms with E-state index in [0.29, 0.717) is 12.8 Å². The van der Waals surface area contributed by atoms with E-state index < -0.39 is 27.6 Å². The highest BCUT2D eigenvalue weighted by atomic mass is 32.2. The van der Waals surface area contributed by atoms with Crippen molar-refractivity contribution in [2.75, 3.05) is 24.6 Å². The predicted octanol–water partition coefficient (Wildman–Crippen LogP) is 0.380. The second kappa shape index (κ2) is 5.71. The highest BCUT2D eigenvalue weighted by molar-refractivity contribution is 7.91. The summed E-state index contributed by atoms with van der Waals surface area (Å²) in [6.45, 7) is 2.39. The lowest BCUT2D eigenvalue weighted by Crippen LogP contribution is -2.47. The summed E-state index contributed by atoms with van der Waals surface area (Å²) in [5, 5.41) is 9.26. The molecule has 0 bridgehead atoms. The third kappa shape index (κ3) is 3.13. The largest absolute Gasteiger partial charge is 0.481 e. The monoisotopic (exact) mass is 303 g/mol. The van der Waals surface area contributed by atoms with E-state index in [2.05, 4.69) is 0 Å². The van der Waals surface area contributed by atoms with Gasteiger partial charge in [-0.15, -0.1) is 0 Å². The minimum absolute atomic E-state index is 0.0135. The standard InChI is InChI=1S/C13H21NO5S/c1-2-9-7-10(11(8-9)13(16)17)12(15)14-3-5-20(18,19)6-4-14/h9-11H,2-8H2,1H3,(H,16,17). The smallest absolute Gasteiger partial charge is 0.307 e. The molecule has 3 atom stereocenters. The molecule has 1 heterocycles. The Bertz CT molecular complexity index is 487. The first-order chi connectivity index (χ1) is 9.34. The molecule has 0 aromatic rings. The van der Waals surface area contributed by atoms with Crippen LogP contribution in [0.3, 0.4) is 0 Å². The van der Waals surface area contributed by atoms with Crippen LogP contribution in [0.2, 0.25) is 0 Å². The second-order valence-corrected chi connectivity index (χ2v) is 8.08. The molecule has 1 N–H and O–H groups in total. The van der Waals surface area contributed by atoms with Gasteiger partial charge in [0.25, 0.3) is 0 Å². The molecule has 0 radical (unpaired) electrons. The number of hydrogen-bond donors (Lipinski definition) is 1. The van der Waals surface area contributed by atoms with Crippen LogP contribution in [0.25, 0.3) is 0 Å². The molecule has 2 aliphatic rings. The molecule has 3 unspecified atom stereocenters. The zero-order valence-electron chi connectivity index (χ0n) is 11.6. The summed E-state index contributed by atoms with van der Waals surface area (Å²) in [5.74, 6) is -1.95. The summed E-state index contributed by atoms with van der Waals surface area (Å²) in [4.78, 5) is 25.3. The third-order valence-corrected chi connectivity index (χ3v) is 6.14. The van der Waals surface area contributed by atoms with Crippen LogP contribution in [0.15, 0.2) is 0 Å². The van der Waals surface area contributed by atoms with E-state index in [4.69, 9.17) is 0 Å². The topological polar surface area (TPSA) is 91.8 Å². The van der Waals surface area contributed by atoms with Crippen molar-refractivity contribution in [2.24, 2.45) is 17.8 Å². The molecule has 0 aromatic heterocycles. The van der Waals surface area contributed by atoms with E-state index in [0.717, 1.165) is 6.42 Å². The lowest BCUT2D eigenvalue weighted by Gasteiger charge is -2.30. The van der Waals surface area contributed by atoms with Crippen molar-refractivity contribution >= 4 is 21.7 Å². The molecule has 7 heteroatoms. The van der Waals surface area contributed by atoms with Crippen molar-refractivity contribution in [1.82, 2.24) is 4.90 Å². The van der Waals surface area contributed by atoms with Gasteiger partial charge in [0.1, 0.15) is 0 Å². The van der Waals surface area contributed by atoms with E-state index in [9.17, 15) is 23.1 Å². The van der Waals surface area contributed by atoms with Crippen LogP contribution in [0, 0.1) is 17.8 Å². The summed E-state index contributed by atoms with van der Waals surface area (Å²) < 4.78 is 22.8. The van der Waals surface area contributed by atoms with Gasteiger partial charge in [-0.2, -0.15) is 0 Å². The van der Waals surface area contributed by atoms with Crippen molar-refractivity contribution in [2.45, 2.75) is 26.2 Å². The van der Waals surface area contributed by atoms with Crippen molar-refractivity contribution in [3.63, 3.8) is 0 Å². The molecule has 1 amide bonds. The number of carboxylic acid groups (broad SMARTS) is 1. The number of carbonyl (C=O) groups excluding carboxylic acids is 1. The molecule has 1 aliphatic heterocycles. The number of nitrogens with zero attached hydrogens (tertiary/aromatic N) is 1. The first-order valence-electron chi connectivity index (χ1n) is 7.06. The van der Waals surface area contributed by atoms with Crippen LogP contribution in [0.4, 0.5) is 0 Å². The lowest BCUT2D eigenvalue weighted by molar-refractivity contribution is -0.149. The molecule has 20 heavy (non-hydrogen) atoms. The molecule has 0 aromatic carbocycles. The van der Waals surface area contributed by atoms with Gasteiger partial charge in [0.05, 0.1) is 23.3 Å². The molecule has 114 valence electrons. The molecule has 2 rings (SSSR count). The van der Waals surface area contributed by atoms with E-state index in [1.807, 2.05) is 6.92 Å². The molecular formula is C13H21NO5S. The third-order valence-electron chi connectivity index (χ3n) is 4.53. The molecule has 1 aliphatic carbocycles. The predicted molar refractivity (Wildman–Crippen MR) is 72.9 cm³/mol. The maximum Gasteiger partial charge on any atom is 0.307 e. The maximum absolute atomic E-state index is 12.5. The fourth-order valence-electron chi connectivity index (χ4n) is 3.19. The summed E-state index contributed by atoms with van der Waals surface area (Å²) in [6, 6.07) is 0. The van der Waals surface area contributed by atoms with Gasteiger partial charge < -0.3 is 10.0 Å². The Balaban J connectivity index is 2.06. The summed E-state index contributed by atoms with van der Waals surface area (Å²) in [6.07, 6.45) is 2.03. The minimum Gasteiger partial charge on any atom is -0.481 e. The molecule has 0 spiro atoms. The highest BCUT2D eigenvalue weighted by Crippen LogP contribution is 2.39. The Hall–Kier alpha value is -1.11. The number of hydrogen-bond acceptors (Lipinski definition) is 4. The Morgan fingerprint density at radius 1 is 1.15 bits per heavy atom.